The van der Waals surface area contributed by atoms with Gasteiger partial charge in [-0.05, 0) is 48.7 Å². The van der Waals surface area contributed by atoms with Gasteiger partial charge >= 0.3 is 0 Å². The van der Waals surface area contributed by atoms with Crippen LogP contribution in [0.25, 0.3) is 0 Å². The molecule has 0 spiro atoms. The lowest BCUT2D eigenvalue weighted by Crippen LogP contribution is -2.17. The Kier molecular flexibility index (Phi) is 4.97. The Morgan fingerprint density at radius 1 is 1.29 bits per heavy atom. The van der Waals surface area contributed by atoms with Crippen LogP contribution in [0.4, 0.5) is 10.1 Å². The van der Waals surface area contributed by atoms with Gasteiger partial charge in [0.15, 0.2) is 0 Å². The van der Waals surface area contributed by atoms with E-state index in [4.69, 9.17) is 0 Å². The molecule has 0 bridgehead atoms. The molecule has 0 amide bonds. The van der Waals surface area contributed by atoms with Gasteiger partial charge in [-0.25, -0.2) is 12.8 Å². The van der Waals surface area contributed by atoms with Crippen molar-refractivity contribution in [1.29, 1.82) is 0 Å². The van der Waals surface area contributed by atoms with Gasteiger partial charge in [-0.15, -0.1) is 11.3 Å². The molecule has 1 heterocycles. The predicted octanol–water partition coefficient (Wildman–Crippen LogP) is 3.11. The third-order valence-corrected chi connectivity index (χ3v) is 5.46. The second-order valence-corrected chi connectivity index (χ2v) is 7.20. The second kappa shape index (κ2) is 6.55. The van der Waals surface area contributed by atoms with Crippen molar-refractivity contribution in [2.75, 3.05) is 11.3 Å². The fourth-order valence-electron chi connectivity index (χ4n) is 1.88. The number of anilines is 1. The van der Waals surface area contributed by atoms with Crippen LogP contribution in [0.15, 0.2) is 34.5 Å². The van der Waals surface area contributed by atoms with Gasteiger partial charge < -0.3 is 5.32 Å². The smallest absolute Gasteiger partial charge is 0.263 e. The van der Waals surface area contributed by atoms with Crippen molar-refractivity contribution < 1.29 is 12.8 Å². The molecule has 7 heteroatoms. The lowest BCUT2D eigenvalue weighted by Gasteiger charge is -2.11. The molecule has 114 valence electrons. The third-order valence-electron chi connectivity index (χ3n) is 2.96. The van der Waals surface area contributed by atoms with E-state index in [0.717, 1.165) is 11.4 Å². The van der Waals surface area contributed by atoms with Crippen molar-refractivity contribution in [1.82, 2.24) is 5.32 Å². The van der Waals surface area contributed by atoms with Crippen molar-refractivity contribution in [2.45, 2.75) is 25.3 Å². The van der Waals surface area contributed by atoms with Gasteiger partial charge in [0, 0.05) is 11.4 Å². The monoisotopic (exact) mass is 328 g/mol. The number of hydrogen-bond acceptors (Lipinski definition) is 4. The van der Waals surface area contributed by atoms with Crippen LogP contribution in [-0.4, -0.2) is 15.0 Å². The van der Waals surface area contributed by atoms with Crippen LogP contribution in [-0.2, 0) is 16.6 Å². The minimum atomic E-state index is -3.67. The molecular formula is C14H17FN2O2S2. The topological polar surface area (TPSA) is 58.2 Å². The van der Waals surface area contributed by atoms with Gasteiger partial charge in [0.05, 0.1) is 5.69 Å². The number of hydrogen-bond donors (Lipinski definition) is 2. The zero-order valence-corrected chi connectivity index (χ0v) is 13.4. The average molecular weight is 328 g/mol. The summed E-state index contributed by atoms with van der Waals surface area (Å²) in [5.41, 5.74) is 0.930. The van der Waals surface area contributed by atoms with E-state index < -0.39 is 10.0 Å². The van der Waals surface area contributed by atoms with Gasteiger partial charge in [-0.1, -0.05) is 6.92 Å². The van der Waals surface area contributed by atoms with Gasteiger partial charge in [0.1, 0.15) is 10.7 Å². The largest absolute Gasteiger partial charge is 0.312 e. The van der Waals surface area contributed by atoms with E-state index >= 15 is 0 Å². The van der Waals surface area contributed by atoms with Crippen LogP contribution in [0.3, 0.4) is 0 Å². The Labute approximate surface area is 128 Å². The normalized spacial score (nSPS) is 11.6. The molecule has 0 aliphatic carbocycles. The number of benzene rings is 1. The van der Waals surface area contributed by atoms with E-state index in [1.54, 1.807) is 18.4 Å². The Morgan fingerprint density at radius 3 is 2.71 bits per heavy atom. The van der Waals surface area contributed by atoms with E-state index in [2.05, 4.69) is 10.0 Å². The lowest BCUT2D eigenvalue weighted by atomic mass is 10.2. The summed E-state index contributed by atoms with van der Waals surface area (Å²) in [5, 5.41) is 4.86. The summed E-state index contributed by atoms with van der Waals surface area (Å²) in [7, 11) is -3.67. The molecule has 1 aromatic carbocycles. The summed E-state index contributed by atoms with van der Waals surface area (Å²) in [5.74, 6) is -0.390. The minimum Gasteiger partial charge on any atom is -0.312 e. The first-order valence-corrected chi connectivity index (χ1v) is 8.86. The van der Waals surface area contributed by atoms with Crippen LogP contribution >= 0.6 is 11.3 Å². The third kappa shape index (κ3) is 3.81. The molecule has 2 aromatic rings. The number of sulfonamides is 1. The van der Waals surface area contributed by atoms with Crippen molar-refractivity contribution in [3.8, 4) is 0 Å². The molecule has 0 unspecified atom stereocenters. The Balaban J connectivity index is 2.28. The number of nitrogens with one attached hydrogen (secondary N) is 2. The maximum Gasteiger partial charge on any atom is 0.263 e. The van der Waals surface area contributed by atoms with Crippen molar-refractivity contribution >= 4 is 27.0 Å². The molecule has 21 heavy (non-hydrogen) atoms. The lowest BCUT2D eigenvalue weighted by molar-refractivity contribution is 0.599. The highest BCUT2D eigenvalue weighted by atomic mass is 32.2. The molecule has 0 radical (unpaired) electrons. The average Bonchev–Trinajstić information content (AvgIpc) is 2.89. The zero-order chi connectivity index (χ0) is 15.5. The Hall–Kier alpha value is -1.44. The van der Waals surface area contributed by atoms with Crippen LogP contribution in [0, 0.1) is 12.7 Å². The van der Waals surface area contributed by atoms with Crippen molar-refractivity contribution in [3.63, 3.8) is 0 Å². The highest BCUT2D eigenvalue weighted by Gasteiger charge is 2.20. The molecular weight excluding hydrogens is 311 g/mol. The van der Waals surface area contributed by atoms with Crippen LogP contribution in [0.2, 0.25) is 0 Å². The highest BCUT2D eigenvalue weighted by molar-refractivity contribution is 7.93. The van der Waals surface area contributed by atoms with Gasteiger partial charge in [-0.3, -0.25) is 4.72 Å². The van der Waals surface area contributed by atoms with Crippen LogP contribution in [0.5, 0.6) is 0 Å². The van der Waals surface area contributed by atoms with Gasteiger partial charge in [0.25, 0.3) is 10.0 Å². The van der Waals surface area contributed by atoms with Gasteiger partial charge in [0.2, 0.25) is 0 Å². The first kappa shape index (κ1) is 15.9. The predicted molar refractivity (Wildman–Crippen MR) is 83.6 cm³/mol. The molecule has 0 atom stereocenters. The fourth-order valence-corrected chi connectivity index (χ4v) is 4.42. The highest BCUT2D eigenvalue weighted by Crippen LogP contribution is 2.25. The number of rotatable bonds is 6. The second-order valence-electron chi connectivity index (χ2n) is 4.55. The number of halogens is 1. The minimum absolute atomic E-state index is 0.261. The molecule has 1 aromatic heterocycles. The first-order chi connectivity index (χ1) is 9.94. The molecule has 0 aliphatic rings. The standard InChI is InChI=1S/C14H17FN2O2S2/c1-3-16-9-13-14(6-7-20-13)21(18,19)17-12-5-4-11(15)8-10(12)2/h4-8,16-17H,3,9H2,1-2H3. The van der Waals surface area contributed by atoms with E-state index in [0.29, 0.717) is 17.8 Å². The van der Waals surface area contributed by atoms with E-state index in [-0.39, 0.29) is 10.7 Å². The fraction of sp³-hybridized carbons (Fsp3) is 0.286. The van der Waals surface area contributed by atoms with E-state index in [1.807, 2.05) is 6.92 Å². The molecule has 0 saturated heterocycles. The summed E-state index contributed by atoms with van der Waals surface area (Å²) < 4.78 is 40.5. The van der Waals surface area contributed by atoms with E-state index in [1.165, 1.54) is 29.5 Å². The quantitative estimate of drug-likeness (QED) is 0.856. The zero-order valence-electron chi connectivity index (χ0n) is 11.8. The molecule has 0 fully saturated rings. The van der Waals surface area contributed by atoms with E-state index in [9.17, 15) is 12.8 Å². The summed E-state index contributed by atoms with van der Waals surface area (Å²) in [4.78, 5) is 1.02. The summed E-state index contributed by atoms with van der Waals surface area (Å²) in [6.45, 7) is 4.89. The molecule has 0 aliphatic heterocycles. The van der Waals surface area contributed by atoms with Crippen molar-refractivity contribution in [2.24, 2.45) is 0 Å². The van der Waals surface area contributed by atoms with Crippen LogP contribution < -0.4 is 10.0 Å². The van der Waals surface area contributed by atoms with Crippen molar-refractivity contribution in [3.05, 3.63) is 45.9 Å². The maximum atomic E-state index is 13.1. The molecule has 0 saturated carbocycles. The summed E-state index contributed by atoms with van der Waals surface area (Å²) >= 11 is 1.39. The Morgan fingerprint density at radius 2 is 2.05 bits per heavy atom. The first-order valence-electron chi connectivity index (χ1n) is 6.50. The maximum absolute atomic E-state index is 13.1. The molecule has 4 nitrogen and oxygen atoms in total. The SMILES string of the molecule is CCNCc1sccc1S(=O)(=O)Nc1ccc(F)cc1C. The summed E-state index contributed by atoms with van der Waals surface area (Å²) in [6, 6.07) is 5.54. The molecule has 2 N–H and O–H groups in total. The number of aryl methyl sites for hydroxylation is 1. The molecule has 2 rings (SSSR count). The number of thiophene rings is 1. The van der Waals surface area contributed by atoms with Crippen LogP contribution in [0.1, 0.15) is 17.4 Å². The Bertz CT molecular complexity index is 726. The van der Waals surface area contributed by atoms with Gasteiger partial charge in [-0.2, -0.15) is 0 Å². The summed E-state index contributed by atoms with van der Waals surface area (Å²) in [6.07, 6.45) is 0.